The Balaban J connectivity index is 2.15. The van der Waals surface area contributed by atoms with Gasteiger partial charge in [0.05, 0.1) is 10.7 Å². The number of hydrogen-bond acceptors (Lipinski definition) is 3. The number of amides is 1. The first kappa shape index (κ1) is 15.2. The highest BCUT2D eigenvalue weighted by atomic mass is 35.5. The summed E-state index contributed by atoms with van der Waals surface area (Å²) in [5.41, 5.74) is 0.603. The van der Waals surface area contributed by atoms with Crippen LogP contribution in [-0.4, -0.2) is 45.3 Å². The third-order valence-corrected chi connectivity index (χ3v) is 4.98. The van der Waals surface area contributed by atoms with Crippen LogP contribution in [0.5, 0.6) is 0 Å². The molecule has 1 saturated heterocycles. The Labute approximate surface area is 123 Å². The highest BCUT2D eigenvalue weighted by Gasteiger charge is 2.34. The van der Waals surface area contributed by atoms with Gasteiger partial charge in [0.1, 0.15) is 0 Å². The van der Waals surface area contributed by atoms with Gasteiger partial charge < -0.3 is 4.90 Å². The average molecular weight is 318 g/mol. The molecular formula is C12H16ClN3O3S. The monoisotopic (exact) mass is 317 g/mol. The van der Waals surface area contributed by atoms with Crippen molar-refractivity contribution in [2.24, 2.45) is 0 Å². The molecule has 110 valence electrons. The van der Waals surface area contributed by atoms with E-state index in [-0.39, 0.29) is 18.9 Å². The molecule has 1 heterocycles. The highest BCUT2D eigenvalue weighted by Crippen LogP contribution is 2.29. The summed E-state index contributed by atoms with van der Waals surface area (Å²) >= 11 is 6.06. The maximum atomic E-state index is 12.0. The number of nitrogens with one attached hydrogen (secondary N) is 1. The number of nitrogens with zero attached hydrogens (tertiary/aromatic N) is 2. The normalized spacial score (nSPS) is 19.9. The van der Waals surface area contributed by atoms with E-state index in [1.54, 1.807) is 24.3 Å². The molecule has 1 amide bonds. The molecule has 20 heavy (non-hydrogen) atoms. The third kappa shape index (κ3) is 3.12. The maximum absolute atomic E-state index is 12.0. The van der Waals surface area contributed by atoms with Crippen LogP contribution in [0, 0.1) is 0 Å². The predicted molar refractivity (Wildman–Crippen MR) is 78.0 cm³/mol. The summed E-state index contributed by atoms with van der Waals surface area (Å²) < 4.78 is 27.1. The minimum atomic E-state index is -3.55. The topological polar surface area (TPSA) is 69.7 Å². The van der Waals surface area contributed by atoms with Gasteiger partial charge in [0, 0.05) is 33.1 Å². The first-order valence-corrected chi connectivity index (χ1v) is 7.88. The fourth-order valence-electron chi connectivity index (χ4n) is 2.01. The van der Waals surface area contributed by atoms with Crippen molar-refractivity contribution in [3.63, 3.8) is 0 Å². The zero-order valence-corrected chi connectivity index (χ0v) is 12.8. The second kappa shape index (κ2) is 5.69. The van der Waals surface area contributed by atoms with Crippen LogP contribution >= 0.6 is 11.6 Å². The summed E-state index contributed by atoms with van der Waals surface area (Å²) in [7, 11) is -0.678. The van der Waals surface area contributed by atoms with Crippen LogP contribution in [0.2, 0.25) is 5.02 Å². The molecule has 0 radical (unpaired) electrons. The van der Waals surface area contributed by atoms with Crippen molar-refractivity contribution in [3.05, 3.63) is 29.3 Å². The molecule has 0 spiro atoms. The molecule has 1 fully saturated rings. The lowest BCUT2D eigenvalue weighted by atomic mass is 10.3. The zero-order chi connectivity index (χ0) is 14.9. The van der Waals surface area contributed by atoms with E-state index >= 15 is 0 Å². The number of rotatable bonds is 4. The summed E-state index contributed by atoms with van der Waals surface area (Å²) in [4.78, 5) is 13.5. The summed E-state index contributed by atoms with van der Waals surface area (Å²) in [6.45, 7) is 0.273. The summed E-state index contributed by atoms with van der Waals surface area (Å²) in [5, 5.41) is 0.469. The lowest BCUT2D eigenvalue weighted by Gasteiger charge is -2.19. The average Bonchev–Trinajstić information content (AvgIpc) is 2.69. The number of carbonyl (C=O) groups is 1. The number of halogens is 1. The van der Waals surface area contributed by atoms with Gasteiger partial charge in [-0.15, -0.1) is 0 Å². The number of para-hydroxylation sites is 1. The largest absolute Gasteiger partial charge is 0.309 e. The molecule has 1 aromatic rings. The molecule has 0 bridgehead atoms. The van der Waals surface area contributed by atoms with E-state index in [1.165, 1.54) is 19.0 Å². The van der Waals surface area contributed by atoms with E-state index in [0.29, 0.717) is 10.7 Å². The van der Waals surface area contributed by atoms with Gasteiger partial charge in [0.25, 0.3) is 10.2 Å². The van der Waals surface area contributed by atoms with E-state index < -0.39 is 16.3 Å². The van der Waals surface area contributed by atoms with E-state index in [4.69, 9.17) is 11.6 Å². The SMILES string of the molecule is CN(C)S(=O)(=O)N[C@@H]1CC(=O)N(c2ccccc2Cl)C1. The Bertz CT molecular complexity index is 618. The molecular weight excluding hydrogens is 302 g/mol. The number of carbonyl (C=O) groups excluding carboxylic acids is 1. The number of hydrogen-bond donors (Lipinski definition) is 1. The van der Waals surface area contributed by atoms with Gasteiger partial charge in [0.2, 0.25) is 5.91 Å². The van der Waals surface area contributed by atoms with Crippen molar-refractivity contribution in [3.8, 4) is 0 Å². The molecule has 0 saturated carbocycles. The first-order chi connectivity index (χ1) is 9.31. The second-order valence-electron chi connectivity index (χ2n) is 4.76. The van der Waals surface area contributed by atoms with Gasteiger partial charge in [-0.1, -0.05) is 23.7 Å². The van der Waals surface area contributed by atoms with Gasteiger partial charge in [-0.3, -0.25) is 4.79 Å². The summed E-state index contributed by atoms with van der Waals surface area (Å²) in [6.07, 6.45) is 0.123. The fraction of sp³-hybridized carbons (Fsp3) is 0.417. The van der Waals surface area contributed by atoms with Crippen LogP contribution in [0.15, 0.2) is 24.3 Å². The van der Waals surface area contributed by atoms with Crippen LogP contribution in [0.1, 0.15) is 6.42 Å². The fourth-order valence-corrected chi connectivity index (χ4v) is 3.03. The van der Waals surface area contributed by atoms with E-state index in [0.717, 1.165) is 4.31 Å². The first-order valence-electron chi connectivity index (χ1n) is 6.06. The van der Waals surface area contributed by atoms with Gasteiger partial charge in [0.15, 0.2) is 0 Å². The van der Waals surface area contributed by atoms with Gasteiger partial charge >= 0.3 is 0 Å². The van der Waals surface area contributed by atoms with Gasteiger partial charge in [-0.25, -0.2) is 0 Å². The summed E-state index contributed by atoms with van der Waals surface area (Å²) in [5.74, 6) is -0.149. The van der Waals surface area contributed by atoms with Crippen molar-refractivity contribution in [2.75, 3.05) is 25.5 Å². The van der Waals surface area contributed by atoms with Crippen LogP contribution in [0.25, 0.3) is 0 Å². The van der Waals surface area contributed by atoms with Crippen molar-refractivity contribution < 1.29 is 13.2 Å². The molecule has 1 N–H and O–H groups in total. The number of anilines is 1. The molecule has 6 nitrogen and oxygen atoms in total. The van der Waals surface area contributed by atoms with E-state index in [9.17, 15) is 13.2 Å². The van der Waals surface area contributed by atoms with Crippen molar-refractivity contribution in [1.29, 1.82) is 0 Å². The quantitative estimate of drug-likeness (QED) is 0.894. The molecule has 2 rings (SSSR count). The lowest BCUT2D eigenvalue weighted by molar-refractivity contribution is -0.117. The Hall–Kier alpha value is -1.15. The highest BCUT2D eigenvalue weighted by molar-refractivity contribution is 7.87. The lowest BCUT2D eigenvalue weighted by Crippen LogP contribution is -2.43. The second-order valence-corrected chi connectivity index (χ2v) is 7.09. The minimum absolute atomic E-state index is 0.123. The van der Waals surface area contributed by atoms with E-state index in [1.807, 2.05) is 0 Å². The standard InChI is InChI=1S/C12H16ClN3O3S/c1-15(2)20(18,19)14-9-7-12(17)16(8-9)11-6-4-3-5-10(11)13/h3-6,9,14H,7-8H2,1-2H3/t9-/m1/s1. The van der Waals surface area contributed by atoms with Crippen molar-refractivity contribution in [2.45, 2.75) is 12.5 Å². The minimum Gasteiger partial charge on any atom is -0.309 e. The molecule has 0 unspecified atom stereocenters. The van der Waals surface area contributed by atoms with Crippen LogP contribution in [-0.2, 0) is 15.0 Å². The zero-order valence-electron chi connectivity index (χ0n) is 11.2. The predicted octanol–water partition coefficient (Wildman–Crippen LogP) is 0.841. The van der Waals surface area contributed by atoms with Crippen LogP contribution in [0.4, 0.5) is 5.69 Å². The smallest absolute Gasteiger partial charge is 0.279 e. The molecule has 1 atom stereocenters. The summed E-state index contributed by atoms with van der Waals surface area (Å²) in [6, 6.07) is 6.54. The Morgan fingerprint density at radius 2 is 2.00 bits per heavy atom. The molecule has 1 aromatic carbocycles. The van der Waals surface area contributed by atoms with Crippen LogP contribution in [0.3, 0.4) is 0 Å². The molecule has 8 heteroatoms. The molecule has 1 aliphatic heterocycles. The molecule has 0 aliphatic carbocycles. The van der Waals surface area contributed by atoms with Crippen molar-refractivity contribution in [1.82, 2.24) is 9.03 Å². The number of benzene rings is 1. The Morgan fingerprint density at radius 1 is 1.35 bits per heavy atom. The van der Waals surface area contributed by atoms with Gasteiger partial charge in [-0.2, -0.15) is 17.4 Å². The molecule has 1 aliphatic rings. The van der Waals surface area contributed by atoms with Crippen LogP contribution < -0.4 is 9.62 Å². The van der Waals surface area contributed by atoms with E-state index in [2.05, 4.69) is 4.72 Å². The third-order valence-electron chi connectivity index (χ3n) is 3.06. The van der Waals surface area contributed by atoms with Crippen molar-refractivity contribution >= 4 is 33.4 Å². The van der Waals surface area contributed by atoms with Gasteiger partial charge in [-0.05, 0) is 12.1 Å². The maximum Gasteiger partial charge on any atom is 0.279 e. The Morgan fingerprint density at radius 3 is 2.60 bits per heavy atom. The molecule has 0 aromatic heterocycles. The Kier molecular flexibility index (Phi) is 4.33.